The minimum atomic E-state index is -1.29. The molecular weight excluding hydrogens is 615 g/mol. The van der Waals surface area contributed by atoms with Gasteiger partial charge in [-0.15, -0.1) is 0 Å². The minimum absolute atomic E-state index is 0.0732. The van der Waals surface area contributed by atoms with Gasteiger partial charge in [-0.05, 0) is 45.2 Å². The van der Waals surface area contributed by atoms with Crippen molar-refractivity contribution >= 4 is 29.6 Å². The Morgan fingerprint density at radius 3 is 2.18 bits per heavy atom. The molecule has 0 bridgehead atoms. The number of rotatable bonds is 8. The summed E-state index contributed by atoms with van der Waals surface area (Å²) in [6.45, 7) is 7.04. The molecule has 242 valence electrons. The SMILES string of the molecule is COC1(COc2cnc(N3C[C@H](NC(=O)OC(C)(C)C)[C@@H](c4cc(F)c(F)cc4F)C3)nc2)CCN(c2ncc(Cl)cn2)CC1. The van der Waals surface area contributed by atoms with E-state index >= 15 is 0 Å². The van der Waals surface area contributed by atoms with Crippen LogP contribution in [0.4, 0.5) is 29.9 Å². The van der Waals surface area contributed by atoms with Crippen molar-refractivity contribution in [2.75, 3.05) is 49.7 Å². The molecule has 0 unspecified atom stereocenters. The van der Waals surface area contributed by atoms with Gasteiger partial charge in [0, 0.05) is 45.3 Å². The van der Waals surface area contributed by atoms with E-state index in [9.17, 15) is 18.0 Å². The normalized spacial score (nSPS) is 19.8. The number of piperidine rings is 1. The monoisotopic (exact) mass is 649 g/mol. The number of halogens is 4. The number of carbonyl (C=O) groups excluding carboxylic acids is 1. The first kappa shape index (κ1) is 32.5. The molecule has 2 aliphatic heterocycles. The number of benzene rings is 1. The maximum Gasteiger partial charge on any atom is 0.407 e. The standard InChI is InChI=1S/C30H35ClF3N7O4/c1-29(2,3)45-28(42)39-25-16-41(15-21(25)20-9-23(33)24(34)10-22(20)32)27-37-13-19(14-38-27)44-17-30(43-4)5-7-40(8-6-30)26-35-11-18(31)12-36-26/h9-14,21,25H,5-8,15-17H2,1-4H3,(H,39,42)/t21-,25+/m1/s1. The third-order valence-corrected chi connectivity index (χ3v) is 8.05. The number of nitrogens with one attached hydrogen (secondary N) is 1. The van der Waals surface area contributed by atoms with E-state index in [-0.39, 0.29) is 25.3 Å². The van der Waals surface area contributed by atoms with Crippen LogP contribution in [0.3, 0.4) is 0 Å². The lowest BCUT2D eigenvalue weighted by molar-refractivity contribution is -0.0606. The Labute approximate surface area is 264 Å². The Hall–Kier alpha value is -3.91. The van der Waals surface area contributed by atoms with Gasteiger partial charge in [-0.25, -0.2) is 37.9 Å². The Balaban J connectivity index is 1.24. The highest BCUT2D eigenvalue weighted by Gasteiger charge is 2.39. The van der Waals surface area contributed by atoms with Crippen LogP contribution in [0.15, 0.2) is 36.9 Å². The molecular formula is C30H35ClF3N7O4. The van der Waals surface area contributed by atoms with Crippen molar-refractivity contribution in [2.24, 2.45) is 0 Å². The predicted octanol–water partition coefficient (Wildman–Crippen LogP) is 4.90. The largest absolute Gasteiger partial charge is 0.487 e. The molecule has 1 N–H and O–H groups in total. The van der Waals surface area contributed by atoms with Gasteiger partial charge in [-0.3, -0.25) is 0 Å². The molecule has 0 aliphatic carbocycles. The topological polar surface area (TPSA) is 115 Å². The van der Waals surface area contributed by atoms with Crippen LogP contribution in [0.25, 0.3) is 0 Å². The van der Waals surface area contributed by atoms with E-state index in [1.807, 2.05) is 0 Å². The van der Waals surface area contributed by atoms with Gasteiger partial charge in [-0.2, -0.15) is 0 Å². The van der Waals surface area contributed by atoms with Crippen LogP contribution in [-0.2, 0) is 9.47 Å². The van der Waals surface area contributed by atoms with Crippen molar-refractivity contribution in [3.8, 4) is 5.75 Å². The van der Waals surface area contributed by atoms with E-state index in [1.165, 1.54) is 12.4 Å². The Morgan fingerprint density at radius 2 is 1.56 bits per heavy atom. The number of nitrogens with zero attached hydrogens (tertiary/aromatic N) is 6. The second kappa shape index (κ2) is 13.2. The van der Waals surface area contributed by atoms with Crippen molar-refractivity contribution in [3.63, 3.8) is 0 Å². The fraction of sp³-hybridized carbons (Fsp3) is 0.500. The summed E-state index contributed by atoms with van der Waals surface area (Å²) in [5.74, 6) is -2.81. The predicted molar refractivity (Wildman–Crippen MR) is 160 cm³/mol. The van der Waals surface area contributed by atoms with Crippen LogP contribution >= 0.6 is 11.6 Å². The van der Waals surface area contributed by atoms with E-state index in [1.54, 1.807) is 45.2 Å². The molecule has 0 radical (unpaired) electrons. The molecule has 2 aromatic heterocycles. The van der Waals surface area contributed by atoms with Crippen molar-refractivity contribution in [1.82, 2.24) is 25.3 Å². The van der Waals surface area contributed by atoms with Gasteiger partial charge in [0.25, 0.3) is 0 Å². The molecule has 0 spiro atoms. The number of alkyl carbamates (subject to hydrolysis) is 1. The van der Waals surface area contributed by atoms with Gasteiger partial charge in [0.05, 0.1) is 35.9 Å². The lowest BCUT2D eigenvalue weighted by atomic mass is 9.92. The molecule has 2 fully saturated rings. The van der Waals surface area contributed by atoms with Crippen LogP contribution in [0.1, 0.15) is 45.1 Å². The van der Waals surface area contributed by atoms with Gasteiger partial charge in [0.1, 0.15) is 23.6 Å². The summed E-state index contributed by atoms with van der Waals surface area (Å²) in [5.41, 5.74) is -1.37. The zero-order valence-corrected chi connectivity index (χ0v) is 26.2. The highest BCUT2D eigenvalue weighted by atomic mass is 35.5. The van der Waals surface area contributed by atoms with Crippen LogP contribution in [0.5, 0.6) is 5.75 Å². The smallest absolute Gasteiger partial charge is 0.407 e. The fourth-order valence-electron chi connectivity index (χ4n) is 5.46. The minimum Gasteiger partial charge on any atom is -0.487 e. The maximum atomic E-state index is 14.8. The van der Waals surface area contributed by atoms with E-state index in [2.05, 4.69) is 30.2 Å². The Kier molecular flexibility index (Phi) is 9.54. The lowest BCUT2D eigenvalue weighted by Crippen LogP contribution is -2.49. The number of amides is 1. The first-order valence-electron chi connectivity index (χ1n) is 14.5. The summed E-state index contributed by atoms with van der Waals surface area (Å²) in [6.07, 6.45) is 6.80. The number of aromatic nitrogens is 4. The van der Waals surface area contributed by atoms with Gasteiger partial charge >= 0.3 is 6.09 Å². The molecule has 4 heterocycles. The van der Waals surface area contributed by atoms with Crippen LogP contribution in [0, 0.1) is 17.5 Å². The summed E-state index contributed by atoms with van der Waals surface area (Å²) in [6, 6.07) is 0.617. The van der Waals surface area contributed by atoms with Crippen molar-refractivity contribution in [3.05, 3.63) is 65.0 Å². The van der Waals surface area contributed by atoms with E-state index in [0.717, 1.165) is 6.07 Å². The third kappa shape index (κ3) is 7.85. The van der Waals surface area contributed by atoms with Crippen molar-refractivity contribution in [1.29, 1.82) is 0 Å². The van der Waals surface area contributed by atoms with E-state index in [0.29, 0.717) is 54.7 Å². The highest BCUT2D eigenvalue weighted by molar-refractivity contribution is 6.30. The number of hydrogen-bond acceptors (Lipinski definition) is 10. The maximum absolute atomic E-state index is 14.8. The molecule has 1 aromatic carbocycles. The summed E-state index contributed by atoms with van der Waals surface area (Å²) in [7, 11) is 1.65. The number of ether oxygens (including phenoxy) is 3. The average molecular weight is 650 g/mol. The van der Waals surface area contributed by atoms with Gasteiger partial charge in [0.2, 0.25) is 11.9 Å². The average Bonchev–Trinajstić information content (AvgIpc) is 3.41. The van der Waals surface area contributed by atoms with Gasteiger partial charge in [-0.1, -0.05) is 11.6 Å². The second-order valence-corrected chi connectivity index (χ2v) is 12.6. The van der Waals surface area contributed by atoms with Gasteiger partial charge in [0.15, 0.2) is 17.4 Å². The molecule has 15 heteroatoms. The van der Waals surface area contributed by atoms with Crippen LogP contribution in [0.2, 0.25) is 5.02 Å². The summed E-state index contributed by atoms with van der Waals surface area (Å²) in [5, 5.41) is 3.22. The molecule has 0 saturated carbocycles. The highest BCUT2D eigenvalue weighted by Crippen LogP contribution is 2.33. The fourth-order valence-corrected chi connectivity index (χ4v) is 5.56. The molecule has 1 amide bonds. The number of hydrogen-bond donors (Lipinski definition) is 1. The molecule has 5 rings (SSSR count). The first-order valence-corrected chi connectivity index (χ1v) is 14.8. The number of methoxy groups -OCH3 is 1. The lowest BCUT2D eigenvalue weighted by Gasteiger charge is -2.40. The summed E-state index contributed by atoms with van der Waals surface area (Å²) >= 11 is 5.91. The third-order valence-electron chi connectivity index (χ3n) is 7.86. The Bertz CT molecular complexity index is 1490. The number of carbonyl (C=O) groups is 1. The molecule has 3 aromatic rings. The molecule has 45 heavy (non-hydrogen) atoms. The van der Waals surface area contributed by atoms with Gasteiger partial charge < -0.3 is 29.3 Å². The molecule has 2 saturated heterocycles. The first-order chi connectivity index (χ1) is 21.3. The zero-order chi connectivity index (χ0) is 32.4. The van der Waals surface area contributed by atoms with E-state index in [4.69, 9.17) is 25.8 Å². The summed E-state index contributed by atoms with van der Waals surface area (Å²) in [4.78, 5) is 33.8. The zero-order valence-electron chi connectivity index (χ0n) is 25.4. The second-order valence-electron chi connectivity index (χ2n) is 12.1. The molecule has 11 nitrogen and oxygen atoms in total. The van der Waals surface area contributed by atoms with Crippen molar-refractivity contribution < 1.29 is 32.2 Å². The molecule has 2 aliphatic rings. The molecule has 2 atom stereocenters. The van der Waals surface area contributed by atoms with Crippen LogP contribution < -0.4 is 19.9 Å². The number of anilines is 2. The quantitative estimate of drug-likeness (QED) is 0.338. The van der Waals surface area contributed by atoms with E-state index < -0.39 is 46.7 Å². The van der Waals surface area contributed by atoms with Crippen molar-refractivity contribution in [2.45, 2.75) is 56.8 Å². The van der Waals surface area contributed by atoms with Crippen LogP contribution in [-0.4, -0.2) is 83.2 Å². The Morgan fingerprint density at radius 1 is 0.956 bits per heavy atom. The summed E-state index contributed by atoms with van der Waals surface area (Å²) < 4.78 is 59.9.